The monoisotopic (exact) mass is 556 g/mol. The zero-order valence-corrected chi connectivity index (χ0v) is 22.1. The second-order valence-corrected chi connectivity index (χ2v) is 9.57. The van der Waals surface area contributed by atoms with Crippen molar-refractivity contribution < 1.29 is 18.9 Å². The molecule has 10 heteroatoms. The Morgan fingerprint density at radius 3 is 2.30 bits per heavy atom. The number of para-hydroxylation sites is 1. The van der Waals surface area contributed by atoms with Gasteiger partial charge in [-0.1, -0.05) is 23.7 Å². The average molecular weight is 557 g/mol. The van der Waals surface area contributed by atoms with Crippen LogP contribution in [0.4, 0.5) is 17.1 Å². The predicted molar refractivity (Wildman–Crippen MR) is 154 cm³/mol. The van der Waals surface area contributed by atoms with E-state index >= 15 is 0 Å². The van der Waals surface area contributed by atoms with Gasteiger partial charge in [-0.15, -0.1) is 0 Å². The highest BCUT2D eigenvalue weighted by Gasteiger charge is 2.22. The maximum Gasteiger partial charge on any atom is 0.280 e. The smallest absolute Gasteiger partial charge is 0.280 e. The Balaban J connectivity index is 1.13. The highest BCUT2D eigenvalue weighted by atomic mass is 35.5. The maximum atomic E-state index is 12.7. The zero-order chi connectivity index (χ0) is 28.1. The first-order valence-corrected chi connectivity index (χ1v) is 13.0. The summed E-state index contributed by atoms with van der Waals surface area (Å²) in [6.45, 7) is 2.61. The fourth-order valence-electron chi connectivity index (χ4n) is 4.47. The number of amides is 2. The Labute approximate surface area is 235 Å². The normalized spacial score (nSPS) is 13.4. The van der Waals surface area contributed by atoms with Gasteiger partial charge < -0.3 is 19.5 Å². The van der Waals surface area contributed by atoms with Crippen molar-refractivity contribution >= 4 is 46.6 Å². The van der Waals surface area contributed by atoms with E-state index in [2.05, 4.69) is 10.2 Å². The molecule has 0 aliphatic carbocycles. The quantitative estimate of drug-likeness (QED) is 0.167. The minimum absolute atomic E-state index is 0.00502. The molecule has 3 aromatic carbocycles. The second-order valence-electron chi connectivity index (χ2n) is 9.13. The molecule has 2 amide bonds. The number of hydrogen-bond acceptors (Lipinski definition) is 6. The highest BCUT2D eigenvalue weighted by Crippen LogP contribution is 2.31. The topological polar surface area (TPSA) is 109 Å². The fraction of sp³-hybridized carbons (Fsp3) is 0.133. The van der Waals surface area contributed by atoms with Crippen molar-refractivity contribution in [2.45, 2.75) is 0 Å². The molecule has 1 aromatic heterocycles. The van der Waals surface area contributed by atoms with Gasteiger partial charge in [0, 0.05) is 60.3 Å². The van der Waals surface area contributed by atoms with E-state index in [0.29, 0.717) is 59.5 Å². The van der Waals surface area contributed by atoms with Crippen molar-refractivity contribution in [3.8, 4) is 11.3 Å². The van der Waals surface area contributed by atoms with Gasteiger partial charge in [0.1, 0.15) is 11.5 Å². The van der Waals surface area contributed by atoms with Crippen LogP contribution in [-0.4, -0.2) is 47.8 Å². The lowest BCUT2D eigenvalue weighted by Gasteiger charge is -2.36. The predicted octanol–water partition coefficient (Wildman–Crippen LogP) is 6.12. The Hall–Kier alpha value is -4.89. The minimum Gasteiger partial charge on any atom is -0.456 e. The Morgan fingerprint density at radius 1 is 0.900 bits per heavy atom. The number of piperazine rings is 1. The van der Waals surface area contributed by atoms with E-state index in [1.807, 2.05) is 29.2 Å². The fourth-order valence-corrected chi connectivity index (χ4v) is 4.59. The number of halogens is 1. The molecule has 0 saturated carbocycles. The molecular weight excluding hydrogens is 532 g/mol. The van der Waals surface area contributed by atoms with Crippen molar-refractivity contribution in [1.82, 2.24) is 4.90 Å². The van der Waals surface area contributed by atoms with Gasteiger partial charge >= 0.3 is 0 Å². The average Bonchev–Trinajstić information content (AvgIpc) is 3.46. The summed E-state index contributed by atoms with van der Waals surface area (Å²) in [6, 6.07) is 24.0. The maximum absolute atomic E-state index is 12.7. The van der Waals surface area contributed by atoms with E-state index < -0.39 is 4.92 Å². The summed E-state index contributed by atoms with van der Waals surface area (Å²) in [5.41, 5.74) is 2.58. The Morgan fingerprint density at radius 2 is 1.60 bits per heavy atom. The number of hydrogen-bond donors (Lipinski definition) is 1. The van der Waals surface area contributed by atoms with Gasteiger partial charge in [0.15, 0.2) is 0 Å². The van der Waals surface area contributed by atoms with Crippen LogP contribution in [0.1, 0.15) is 16.1 Å². The first-order valence-electron chi connectivity index (χ1n) is 12.6. The minimum atomic E-state index is -0.462. The second kappa shape index (κ2) is 11.9. The van der Waals surface area contributed by atoms with Gasteiger partial charge in [-0.3, -0.25) is 19.7 Å². The number of carbonyl (C=O) groups is 2. The van der Waals surface area contributed by atoms with Crippen molar-refractivity contribution in [3.05, 3.63) is 117 Å². The third kappa shape index (κ3) is 6.22. The number of rotatable bonds is 7. The molecule has 1 aliphatic rings. The lowest BCUT2D eigenvalue weighted by Crippen LogP contribution is -2.48. The first-order chi connectivity index (χ1) is 19.4. The summed E-state index contributed by atoms with van der Waals surface area (Å²) >= 11 is 5.92. The third-order valence-corrected chi connectivity index (χ3v) is 6.80. The molecule has 2 heterocycles. The Kier molecular flexibility index (Phi) is 7.93. The number of nitro benzene ring substituents is 1. The lowest BCUT2D eigenvalue weighted by molar-refractivity contribution is -0.384. The van der Waals surface area contributed by atoms with E-state index in [1.54, 1.807) is 54.6 Å². The van der Waals surface area contributed by atoms with Gasteiger partial charge in [-0.25, -0.2) is 0 Å². The van der Waals surface area contributed by atoms with E-state index in [1.165, 1.54) is 18.2 Å². The molecule has 5 rings (SSSR count). The van der Waals surface area contributed by atoms with Crippen LogP contribution < -0.4 is 10.2 Å². The molecule has 202 valence electrons. The largest absolute Gasteiger partial charge is 0.456 e. The molecule has 40 heavy (non-hydrogen) atoms. The molecule has 9 nitrogen and oxygen atoms in total. The van der Waals surface area contributed by atoms with E-state index in [4.69, 9.17) is 16.0 Å². The summed E-state index contributed by atoms with van der Waals surface area (Å²) in [7, 11) is 0. The molecule has 1 N–H and O–H groups in total. The van der Waals surface area contributed by atoms with Gasteiger partial charge in [0.2, 0.25) is 5.91 Å². The number of nitrogens with zero attached hydrogens (tertiary/aromatic N) is 3. The van der Waals surface area contributed by atoms with Gasteiger partial charge in [-0.2, -0.15) is 0 Å². The van der Waals surface area contributed by atoms with E-state index in [-0.39, 0.29) is 17.5 Å². The van der Waals surface area contributed by atoms with Crippen LogP contribution in [0.3, 0.4) is 0 Å². The number of benzene rings is 3. The van der Waals surface area contributed by atoms with Gasteiger partial charge in [0.05, 0.1) is 10.5 Å². The van der Waals surface area contributed by atoms with Gasteiger partial charge in [-0.05, 0) is 72.8 Å². The lowest BCUT2D eigenvalue weighted by atomic mass is 10.1. The number of anilines is 2. The number of nitro groups is 1. The van der Waals surface area contributed by atoms with Crippen molar-refractivity contribution in [2.75, 3.05) is 36.4 Å². The summed E-state index contributed by atoms with van der Waals surface area (Å²) in [5.74, 6) is 0.394. The zero-order valence-electron chi connectivity index (χ0n) is 21.3. The summed E-state index contributed by atoms with van der Waals surface area (Å²) in [6.07, 6.45) is 2.85. The molecule has 0 atom stereocenters. The van der Waals surface area contributed by atoms with Gasteiger partial charge in [0.25, 0.3) is 11.6 Å². The number of nitrogens with one attached hydrogen (secondary N) is 1. The third-order valence-electron chi connectivity index (χ3n) is 6.55. The van der Waals surface area contributed by atoms with E-state index in [0.717, 1.165) is 5.69 Å². The van der Waals surface area contributed by atoms with Crippen molar-refractivity contribution in [2.24, 2.45) is 0 Å². The Bertz CT molecular complexity index is 1560. The molecule has 1 saturated heterocycles. The number of furan rings is 1. The molecular formula is C30H25ClN4O5. The highest BCUT2D eigenvalue weighted by molar-refractivity contribution is 6.30. The summed E-state index contributed by atoms with van der Waals surface area (Å²) in [5, 5.41) is 14.7. The van der Waals surface area contributed by atoms with Crippen LogP contribution >= 0.6 is 11.6 Å². The molecule has 1 fully saturated rings. The molecule has 0 unspecified atom stereocenters. The molecule has 4 aromatic rings. The summed E-state index contributed by atoms with van der Waals surface area (Å²) in [4.78, 5) is 40.0. The van der Waals surface area contributed by atoms with Crippen molar-refractivity contribution in [3.63, 3.8) is 0 Å². The van der Waals surface area contributed by atoms with Crippen LogP contribution in [0.15, 0.2) is 95.4 Å². The van der Waals surface area contributed by atoms with Crippen LogP contribution in [0.2, 0.25) is 5.02 Å². The number of carbonyl (C=O) groups excluding carboxylic acids is 2. The SMILES string of the molecule is O=C(/C=C/c1ccc(-c2ccccc2[N+](=O)[O-])o1)Nc1ccc(N2CCN(C(=O)c3ccc(Cl)cc3)CC2)cc1. The van der Waals surface area contributed by atoms with Crippen LogP contribution in [0.5, 0.6) is 0 Å². The first kappa shape index (κ1) is 26.7. The van der Waals surface area contributed by atoms with Crippen LogP contribution in [-0.2, 0) is 4.79 Å². The van der Waals surface area contributed by atoms with E-state index in [9.17, 15) is 19.7 Å². The van der Waals surface area contributed by atoms with Crippen LogP contribution in [0, 0.1) is 10.1 Å². The van der Waals surface area contributed by atoms with Crippen molar-refractivity contribution in [1.29, 1.82) is 0 Å². The summed E-state index contributed by atoms with van der Waals surface area (Å²) < 4.78 is 5.69. The van der Waals surface area contributed by atoms with Crippen LogP contribution in [0.25, 0.3) is 17.4 Å². The molecule has 0 bridgehead atoms. The molecule has 1 aliphatic heterocycles. The molecule has 0 spiro atoms. The molecule has 0 radical (unpaired) electrons. The standard InChI is InChI=1S/C30H25ClN4O5/c31-22-7-5-21(6-8-22)30(37)34-19-17-33(18-20-34)24-11-9-23(10-12-24)32-29(36)16-14-25-13-15-28(40-25)26-3-1-2-4-27(26)35(38)39/h1-16H,17-20H2,(H,32,36)/b16-14+.